The number of ether oxygens (including phenoxy) is 1. The van der Waals surface area contributed by atoms with E-state index < -0.39 is 10.0 Å². The number of benzene rings is 2. The summed E-state index contributed by atoms with van der Waals surface area (Å²) in [4.78, 5) is 19.1. The molecule has 0 unspecified atom stereocenters. The standard InChI is InChI=1S/C25H31ClN4O4S/c1-29-13-14-30(18-25(29)31)12-3-15-34-21-6-8-22(9-7-21)35(32,33)28-11-2-4-19-17-27-24-10-5-20(26)16-23(19)24/h5-10,16-17,27-28H,2-4,11-15,18H2,1H3. The number of piperazine rings is 1. The minimum atomic E-state index is -3.59. The monoisotopic (exact) mass is 518 g/mol. The molecule has 2 aromatic carbocycles. The molecule has 1 aliphatic rings. The molecular weight excluding hydrogens is 488 g/mol. The van der Waals surface area contributed by atoms with Crippen molar-refractivity contribution in [3.05, 3.63) is 59.2 Å². The summed E-state index contributed by atoms with van der Waals surface area (Å²) in [6.45, 7) is 3.71. The molecule has 3 aromatic rings. The first-order valence-corrected chi connectivity index (χ1v) is 13.6. The number of H-pyrrole nitrogens is 1. The van der Waals surface area contributed by atoms with E-state index in [9.17, 15) is 13.2 Å². The second kappa shape index (κ2) is 11.4. The fourth-order valence-corrected chi connectivity index (χ4v) is 5.36. The van der Waals surface area contributed by atoms with Gasteiger partial charge in [-0.15, -0.1) is 0 Å². The maximum Gasteiger partial charge on any atom is 0.240 e. The highest BCUT2D eigenvalue weighted by Gasteiger charge is 2.20. The largest absolute Gasteiger partial charge is 0.494 e. The van der Waals surface area contributed by atoms with Crippen LogP contribution in [0.4, 0.5) is 0 Å². The lowest BCUT2D eigenvalue weighted by Gasteiger charge is -2.31. The van der Waals surface area contributed by atoms with Gasteiger partial charge in [-0.3, -0.25) is 9.69 Å². The number of amides is 1. The molecule has 188 valence electrons. The van der Waals surface area contributed by atoms with Crippen LogP contribution in [-0.4, -0.2) is 75.5 Å². The Morgan fingerprint density at radius 3 is 2.69 bits per heavy atom. The van der Waals surface area contributed by atoms with Crippen molar-refractivity contribution >= 4 is 38.4 Å². The van der Waals surface area contributed by atoms with Crippen molar-refractivity contribution in [1.82, 2.24) is 19.5 Å². The van der Waals surface area contributed by atoms with Gasteiger partial charge in [0, 0.05) is 55.3 Å². The SMILES string of the molecule is CN1CCN(CCCOc2ccc(S(=O)(=O)NCCCc3c[nH]c4ccc(Cl)cc34)cc2)CC1=O. The predicted molar refractivity (Wildman–Crippen MR) is 137 cm³/mol. The van der Waals surface area contributed by atoms with E-state index in [0.29, 0.717) is 36.9 Å². The number of carbonyl (C=O) groups excluding carboxylic acids is 1. The second-order valence-electron chi connectivity index (χ2n) is 8.77. The lowest BCUT2D eigenvalue weighted by atomic mass is 10.1. The summed E-state index contributed by atoms with van der Waals surface area (Å²) in [5.41, 5.74) is 2.13. The van der Waals surface area contributed by atoms with E-state index in [1.54, 1.807) is 29.2 Å². The highest BCUT2D eigenvalue weighted by atomic mass is 35.5. The molecule has 2 heterocycles. The van der Waals surface area contributed by atoms with Crippen molar-refractivity contribution in [1.29, 1.82) is 0 Å². The molecule has 1 fully saturated rings. The lowest BCUT2D eigenvalue weighted by Crippen LogP contribution is -2.48. The Morgan fingerprint density at radius 2 is 1.91 bits per heavy atom. The number of fused-ring (bicyclic) bond motifs is 1. The Labute approximate surface area is 211 Å². The summed E-state index contributed by atoms with van der Waals surface area (Å²) < 4.78 is 33.7. The van der Waals surface area contributed by atoms with Gasteiger partial charge in [0.2, 0.25) is 15.9 Å². The molecule has 0 saturated carbocycles. The van der Waals surface area contributed by atoms with Crippen LogP contribution >= 0.6 is 11.6 Å². The van der Waals surface area contributed by atoms with E-state index in [-0.39, 0.29) is 10.8 Å². The highest BCUT2D eigenvalue weighted by molar-refractivity contribution is 7.89. The summed E-state index contributed by atoms with van der Waals surface area (Å²) in [5, 5.41) is 1.74. The molecule has 0 radical (unpaired) electrons. The molecule has 1 aromatic heterocycles. The van der Waals surface area contributed by atoms with Crippen LogP contribution in [0.3, 0.4) is 0 Å². The third kappa shape index (κ3) is 6.76. The van der Waals surface area contributed by atoms with Crippen molar-refractivity contribution in [3.63, 3.8) is 0 Å². The molecule has 4 rings (SSSR count). The van der Waals surface area contributed by atoms with Crippen molar-refractivity contribution in [2.45, 2.75) is 24.2 Å². The molecule has 8 nitrogen and oxygen atoms in total. The van der Waals surface area contributed by atoms with E-state index >= 15 is 0 Å². The minimum Gasteiger partial charge on any atom is -0.494 e. The van der Waals surface area contributed by atoms with Gasteiger partial charge >= 0.3 is 0 Å². The van der Waals surface area contributed by atoms with E-state index in [1.165, 1.54) is 0 Å². The van der Waals surface area contributed by atoms with Gasteiger partial charge in [0.15, 0.2) is 0 Å². The van der Waals surface area contributed by atoms with Gasteiger partial charge in [-0.25, -0.2) is 13.1 Å². The smallest absolute Gasteiger partial charge is 0.240 e. The molecule has 0 spiro atoms. The Balaban J connectivity index is 1.19. The molecule has 10 heteroatoms. The zero-order chi connectivity index (χ0) is 24.8. The predicted octanol–water partition coefficient (Wildman–Crippen LogP) is 3.28. The normalized spacial score (nSPS) is 15.1. The molecule has 35 heavy (non-hydrogen) atoms. The maximum absolute atomic E-state index is 12.6. The number of hydrogen-bond donors (Lipinski definition) is 2. The summed E-state index contributed by atoms with van der Waals surface area (Å²) >= 11 is 6.10. The Bertz CT molecular complexity index is 1260. The number of carbonyl (C=O) groups is 1. The molecule has 2 N–H and O–H groups in total. The number of halogens is 1. The van der Waals surface area contributed by atoms with E-state index in [1.807, 2.05) is 31.4 Å². The first kappa shape index (κ1) is 25.5. The average Bonchev–Trinajstić information content (AvgIpc) is 3.24. The second-order valence-corrected chi connectivity index (χ2v) is 11.0. The van der Waals surface area contributed by atoms with Gasteiger partial charge in [0.25, 0.3) is 0 Å². The summed E-state index contributed by atoms with van der Waals surface area (Å²) in [6.07, 6.45) is 4.14. The van der Waals surface area contributed by atoms with E-state index in [0.717, 1.165) is 48.9 Å². The molecule has 1 aliphatic heterocycles. The van der Waals surface area contributed by atoms with Crippen LogP contribution in [0, 0.1) is 0 Å². The van der Waals surface area contributed by atoms with Gasteiger partial charge in [-0.1, -0.05) is 11.6 Å². The summed E-state index contributed by atoms with van der Waals surface area (Å²) in [6, 6.07) is 12.1. The number of aromatic amines is 1. The minimum absolute atomic E-state index is 0.144. The number of aromatic nitrogens is 1. The quantitative estimate of drug-likeness (QED) is 0.380. The number of sulfonamides is 1. The van der Waals surface area contributed by atoms with Gasteiger partial charge in [0.05, 0.1) is 18.0 Å². The highest BCUT2D eigenvalue weighted by Crippen LogP contribution is 2.23. The number of rotatable bonds is 11. The van der Waals surface area contributed by atoms with Crippen molar-refractivity contribution < 1.29 is 17.9 Å². The van der Waals surface area contributed by atoms with Crippen molar-refractivity contribution in [3.8, 4) is 5.75 Å². The molecule has 1 saturated heterocycles. The van der Waals surface area contributed by atoms with Crippen LogP contribution in [-0.2, 0) is 21.2 Å². The van der Waals surface area contributed by atoms with Crippen LogP contribution < -0.4 is 9.46 Å². The van der Waals surface area contributed by atoms with E-state index in [4.69, 9.17) is 16.3 Å². The van der Waals surface area contributed by atoms with Crippen LogP contribution in [0.1, 0.15) is 18.4 Å². The maximum atomic E-state index is 12.6. The molecule has 0 bridgehead atoms. The van der Waals surface area contributed by atoms with Crippen molar-refractivity contribution in [2.75, 3.05) is 46.4 Å². The first-order valence-electron chi connectivity index (χ1n) is 11.8. The Morgan fingerprint density at radius 1 is 1.11 bits per heavy atom. The van der Waals surface area contributed by atoms with Gasteiger partial charge < -0.3 is 14.6 Å². The zero-order valence-electron chi connectivity index (χ0n) is 19.8. The van der Waals surface area contributed by atoms with Crippen LogP contribution in [0.5, 0.6) is 5.75 Å². The van der Waals surface area contributed by atoms with Crippen LogP contribution in [0.2, 0.25) is 5.02 Å². The van der Waals surface area contributed by atoms with Gasteiger partial charge in [-0.2, -0.15) is 0 Å². The number of likely N-dealkylation sites (N-methyl/N-ethyl adjacent to an activating group) is 1. The average molecular weight is 519 g/mol. The number of nitrogens with one attached hydrogen (secondary N) is 2. The lowest BCUT2D eigenvalue weighted by molar-refractivity contribution is -0.134. The molecule has 0 aliphatic carbocycles. The fraction of sp³-hybridized carbons (Fsp3) is 0.400. The van der Waals surface area contributed by atoms with Gasteiger partial charge in [0.1, 0.15) is 5.75 Å². The third-order valence-electron chi connectivity index (χ3n) is 6.20. The van der Waals surface area contributed by atoms with E-state index in [2.05, 4.69) is 14.6 Å². The third-order valence-corrected chi connectivity index (χ3v) is 7.91. The Kier molecular flexibility index (Phi) is 8.33. The summed E-state index contributed by atoms with van der Waals surface area (Å²) in [5.74, 6) is 0.766. The topological polar surface area (TPSA) is 94.7 Å². The number of aryl methyl sites for hydroxylation is 1. The molecule has 1 amide bonds. The molecular formula is C25H31ClN4O4S. The van der Waals surface area contributed by atoms with Crippen LogP contribution in [0.25, 0.3) is 10.9 Å². The van der Waals surface area contributed by atoms with Gasteiger partial charge in [-0.05, 0) is 67.3 Å². The first-order chi connectivity index (χ1) is 16.8. The zero-order valence-corrected chi connectivity index (χ0v) is 21.4. The van der Waals surface area contributed by atoms with Crippen molar-refractivity contribution in [2.24, 2.45) is 0 Å². The van der Waals surface area contributed by atoms with Crippen LogP contribution in [0.15, 0.2) is 53.6 Å². The number of hydrogen-bond acceptors (Lipinski definition) is 5. The number of nitrogens with zero attached hydrogens (tertiary/aromatic N) is 2. The molecule has 0 atom stereocenters. The Hall–Kier alpha value is -2.59. The fourth-order valence-electron chi connectivity index (χ4n) is 4.12. The summed E-state index contributed by atoms with van der Waals surface area (Å²) in [7, 11) is -1.77.